The monoisotopic (exact) mass is 452 g/mol. The van der Waals surface area contributed by atoms with E-state index in [2.05, 4.69) is 30.1 Å². The average Bonchev–Trinajstić information content (AvgIpc) is 3.15. The summed E-state index contributed by atoms with van der Waals surface area (Å²) in [4.78, 5) is 13.8. The molecule has 1 aliphatic carbocycles. The summed E-state index contributed by atoms with van der Waals surface area (Å²) < 4.78 is 56.4. The number of hydrogen-bond acceptors (Lipinski definition) is 7. The van der Waals surface area contributed by atoms with Gasteiger partial charge in [0.1, 0.15) is 17.8 Å². The van der Waals surface area contributed by atoms with Gasteiger partial charge in [0.2, 0.25) is 0 Å². The summed E-state index contributed by atoms with van der Waals surface area (Å²) in [5.74, 6) is 0.760. The van der Waals surface area contributed by atoms with Crippen molar-refractivity contribution in [2.24, 2.45) is 10.2 Å². The molecule has 0 bridgehead atoms. The van der Waals surface area contributed by atoms with Gasteiger partial charge in [-0.15, -0.1) is 0 Å². The number of nitrogens with zero attached hydrogens (tertiary/aromatic N) is 7. The molecule has 4 heterocycles. The van der Waals surface area contributed by atoms with Gasteiger partial charge in [0.05, 0.1) is 17.5 Å². The largest absolute Gasteiger partial charge is 0.353 e. The topological polar surface area (TPSA) is 110 Å². The SMILES string of the molecule is CN(CC1(C(F)F)C=CN=N1)S(=O)(=O)N1CCN(c2ncnc3[nH]ccc23)CC12CC2. The van der Waals surface area contributed by atoms with Crippen LogP contribution < -0.4 is 4.90 Å². The second kappa shape index (κ2) is 7.00. The van der Waals surface area contributed by atoms with E-state index in [1.54, 1.807) is 6.20 Å². The summed E-state index contributed by atoms with van der Waals surface area (Å²) in [5.41, 5.74) is -1.79. The predicted octanol–water partition coefficient (Wildman–Crippen LogP) is 1.77. The van der Waals surface area contributed by atoms with Crippen LogP contribution in [-0.2, 0) is 10.2 Å². The number of hydrogen-bond donors (Lipinski definition) is 1. The quantitative estimate of drug-likeness (QED) is 0.718. The first-order valence-corrected chi connectivity index (χ1v) is 11.3. The molecule has 1 saturated heterocycles. The van der Waals surface area contributed by atoms with E-state index in [9.17, 15) is 17.2 Å². The molecular weight excluding hydrogens is 430 g/mol. The van der Waals surface area contributed by atoms with Gasteiger partial charge in [0.25, 0.3) is 16.6 Å². The number of aromatic amines is 1. The second-order valence-corrected chi connectivity index (χ2v) is 10.2. The van der Waals surface area contributed by atoms with Gasteiger partial charge >= 0.3 is 0 Å². The van der Waals surface area contributed by atoms with Crippen molar-refractivity contribution < 1.29 is 17.2 Å². The van der Waals surface area contributed by atoms with E-state index >= 15 is 0 Å². The third-order valence-corrected chi connectivity index (χ3v) is 8.29. The molecule has 3 aliphatic rings. The molecular formula is C18H22F2N8O2S. The lowest BCUT2D eigenvalue weighted by Crippen LogP contribution is -2.61. The number of aromatic nitrogens is 3. The minimum atomic E-state index is -3.97. The molecule has 31 heavy (non-hydrogen) atoms. The minimum Gasteiger partial charge on any atom is -0.353 e. The minimum absolute atomic E-state index is 0.238. The van der Waals surface area contributed by atoms with Crippen molar-refractivity contribution >= 4 is 27.1 Å². The first-order chi connectivity index (χ1) is 14.8. The highest BCUT2D eigenvalue weighted by atomic mass is 32.2. The number of likely N-dealkylation sites (N-methyl/N-ethyl adjacent to an activating group) is 1. The maximum Gasteiger partial charge on any atom is 0.282 e. The fraction of sp³-hybridized carbons (Fsp3) is 0.556. The predicted molar refractivity (Wildman–Crippen MR) is 109 cm³/mol. The lowest BCUT2D eigenvalue weighted by molar-refractivity contribution is 0.0703. The zero-order chi connectivity index (χ0) is 21.9. The Morgan fingerprint density at radius 1 is 1.29 bits per heavy atom. The first-order valence-electron chi connectivity index (χ1n) is 9.93. The highest BCUT2D eigenvalue weighted by Gasteiger charge is 2.57. The Bertz CT molecular complexity index is 1150. The van der Waals surface area contributed by atoms with Crippen LogP contribution >= 0.6 is 0 Å². The van der Waals surface area contributed by atoms with Gasteiger partial charge < -0.3 is 9.88 Å². The molecule has 5 rings (SSSR count). The standard InChI is InChI=1S/C18H22F2N8O2S/c1-26(11-18(16(19)20)5-7-24-25-18)31(29,30)28-9-8-27(10-17(28)3-4-17)15-13-2-6-21-14(13)22-12-23-15/h2,5-7,12,16H,3-4,8-11H2,1H3,(H,21,22,23). The summed E-state index contributed by atoms with van der Waals surface area (Å²) in [7, 11) is -2.65. The smallest absolute Gasteiger partial charge is 0.282 e. The third kappa shape index (κ3) is 3.22. The Hall–Kier alpha value is -2.51. The molecule has 1 atom stereocenters. The number of alkyl halides is 2. The maximum absolute atomic E-state index is 13.6. The van der Waals surface area contributed by atoms with Crippen molar-refractivity contribution in [1.82, 2.24) is 23.6 Å². The van der Waals surface area contributed by atoms with Crippen molar-refractivity contribution in [3.8, 4) is 0 Å². The van der Waals surface area contributed by atoms with Crippen LogP contribution in [0.25, 0.3) is 11.0 Å². The lowest BCUT2D eigenvalue weighted by Gasteiger charge is -2.43. The molecule has 2 aromatic heterocycles. The first kappa shape index (κ1) is 20.4. The zero-order valence-corrected chi connectivity index (χ0v) is 17.6. The van der Waals surface area contributed by atoms with Gasteiger partial charge in [-0.05, 0) is 25.0 Å². The van der Waals surface area contributed by atoms with E-state index in [-0.39, 0.29) is 6.54 Å². The highest BCUT2D eigenvalue weighted by Crippen LogP contribution is 2.47. The number of anilines is 1. The molecule has 166 valence electrons. The fourth-order valence-corrected chi connectivity index (χ4v) is 6.13. The second-order valence-electron chi connectivity index (χ2n) is 8.24. The third-order valence-electron chi connectivity index (χ3n) is 6.25. The van der Waals surface area contributed by atoms with Crippen LogP contribution in [-0.4, -0.2) is 82.7 Å². The van der Waals surface area contributed by atoms with Crippen LogP contribution in [0.15, 0.2) is 41.1 Å². The van der Waals surface area contributed by atoms with E-state index in [0.717, 1.165) is 27.2 Å². The lowest BCUT2D eigenvalue weighted by atomic mass is 10.0. The summed E-state index contributed by atoms with van der Waals surface area (Å²) in [6.07, 6.45) is 4.16. The number of halogens is 2. The zero-order valence-electron chi connectivity index (χ0n) is 16.8. The Morgan fingerprint density at radius 3 is 2.77 bits per heavy atom. The molecule has 1 saturated carbocycles. The van der Waals surface area contributed by atoms with E-state index in [1.807, 2.05) is 6.07 Å². The number of nitrogens with one attached hydrogen (secondary N) is 1. The average molecular weight is 452 g/mol. The van der Waals surface area contributed by atoms with Crippen LogP contribution in [0.3, 0.4) is 0 Å². The van der Waals surface area contributed by atoms with Crippen LogP contribution in [0.4, 0.5) is 14.6 Å². The molecule has 1 N–H and O–H groups in total. The number of azo groups is 1. The molecule has 13 heteroatoms. The van der Waals surface area contributed by atoms with Gasteiger partial charge in [-0.1, -0.05) is 0 Å². The van der Waals surface area contributed by atoms with Crippen molar-refractivity contribution in [2.75, 3.05) is 38.1 Å². The Balaban J connectivity index is 1.38. The van der Waals surface area contributed by atoms with Crippen molar-refractivity contribution in [1.29, 1.82) is 0 Å². The maximum atomic E-state index is 13.6. The Kier molecular flexibility index (Phi) is 4.61. The normalized spacial score (nSPS) is 25.5. The molecule has 0 radical (unpaired) electrons. The molecule has 2 fully saturated rings. The van der Waals surface area contributed by atoms with Crippen molar-refractivity contribution in [3.05, 3.63) is 30.9 Å². The van der Waals surface area contributed by atoms with Crippen LogP contribution in [0.1, 0.15) is 12.8 Å². The number of fused-ring (bicyclic) bond motifs is 1. The van der Waals surface area contributed by atoms with Gasteiger partial charge in [-0.2, -0.15) is 27.3 Å². The van der Waals surface area contributed by atoms with Gasteiger partial charge in [-0.3, -0.25) is 0 Å². The fourth-order valence-electron chi connectivity index (χ4n) is 4.38. The molecule has 2 aliphatic heterocycles. The van der Waals surface area contributed by atoms with Crippen LogP contribution in [0.5, 0.6) is 0 Å². The summed E-state index contributed by atoms with van der Waals surface area (Å²) in [6, 6.07) is 1.90. The number of piperazine rings is 1. The Morgan fingerprint density at radius 2 is 2.10 bits per heavy atom. The number of rotatable bonds is 6. The number of H-pyrrole nitrogens is 1. The van der Waals surface area contributed by atoms with Crippen molar-refractivity contribution in [3.63, 3.8) is 0 Å². The van der Waals surface area contributed by atoms with Crippen LogP contribution in [0.2, 0.25) is 0 Å². The van der Waals surface area contributed by atoms with E-state index in [4.69, 9.17) is 0 Å². The summed E-state index contributed by atoms with van der Waals surface area (Å²) in [6.45, 7) is 0.684. The van der Waals surface area contributed by atoms with E-state index in [0.29, 0.717) is 25.9 Å². The molecule has 1 unspecified atom stereocenters. The molecule has 0 aromatic carbocycles. The van der Waals surface area contributed by atoms with Gasteiger partial charge in [0, 0.05) is 39.1 Å². The van der Waals surface area contributed by atoms with Gasteiger partial charge in [0.15, 0.2) is 5.54 Å². The molecule has 10 nitrogen and oxygen atoms in total. The highest BCUT2D eigenvalue weighted by molar-refractivity contribution is 7.86. The van der Waals surface area contributed by atoms with E-state index in [1.165, 1.54) is 23.9 Å². The van der Waals surface area contributed by atoms with Gasteiger partial charge in [-0.25, -0.2) is 18.7 Å². The summed E-state index contributed by atoms with van der Waals surface area (Å²) >= 11 is 0. The van der Waals surface area contributed by atoms with Crippen molar-refractivity contribution in [2.45, 2.75) is 30.3 Å². The molecule has 2 aromatic rings. The molecule has 0 amide bonds. The molecule has 1 spiro atoms. The Labute approximate surface area is 177 Å². The van der Waals surface area contributed by atoms with Crippen LogP contribution in [0, 0.1) is 0 Å². The van der Waals surface area contributed by atoms with E-state index < -0.39 is 34.3 Å². The summed E-state index contributed by atoms with van der Waals surface area (Å²) in [5, 5.41) is 8.00.